The molecular weight excluding hydrogens is 354 g/mol. The number of carbonyl (C=O) groups is 1. The number of carbonyl (C=O) groups excluding carboxylic acids is 1. The highest BCUT2D eigenvalue weighted by Gasteiger charge is 2.46. The van der Waals surface area contributed by atoms with Crippen molar-refractivity contribution in [1.29, 1.82) is 0 Å². The van der Waals surface area contributed by atoms with Gasteiger partial charge in [-0.25, -0.2) is 15.0 Å². The van der Waals surface area contributed by atoms with Crippen LogP contribution in [0, 0.1) is 0 Å². The topological polar surface area (TPSA) is 101 Å². The van der Waals surface area contributed by atoms with E-state index in [1.807, 2.05) is 0 Å². The van der Waals surface area contributed by atoms with Gasteiger partial charge in [0.1, 0.15) is 5.69 Å². The van der Waals surface area contributed by atoms with Crippen LogP contribution in [0.2, 0.25) is 0 Å². The van der Waals surface area contributed by atoms with E-state index >= 15 is 0 Å². The first-order valence-electron chi connectivity index (χ1n) is 9.28. The minimum atomic E-state index is -0.422. The SMILES string of the molecule is CC(C)c1ccc(C2(NC(=O)c3cc(=O)[nH]c(-c4ncccn4)n3)CC2)cc1. The lowest BCUT2D eigenvalue weighted by molar-refractivity contribution is 0.0925. The van der Waals surface area contributed by atoms with Crippen LogP contribution in [0.3, 0.4) is 0 Å². The van der Waals surface area contributed by atoms with Crippen LogP contribution >= 0.6 is 0 Å². The minimum Gasteiger partial charge on any atom is -0.341 e. The number of H-pyrrole nitrogens is 1. The molecule has 1 saturated carbocycles. The molecule has 1 aromatic carbocycles. The summed E-state index contributed by atoms with van der Waals surface area (Å²) in [6.07, 6.45) is 4.82. The summed E-state index contributed by atoms with van der Waals surface area (Å²) in [5.74, 6) is 0.510. The Labute approximate surface area is 162 Å². The second kappa shape index (κ2) is 6.99. The van der Waals surface area contributed by atoms with Gasteiger partial charge in [-0.15, -0.1) is 0 Å². The highest BCUT2D eigenvalue weighted by atomic mass is 16.2. The summed E-state index contributed by atoms with van der Waals surface area (Å²) in [5.41, 5.74) is 1.57. The Morgan fingerprint density at radius 1 is 1.14 bits per heavy atom. The van der Waals surface area contributed by atoms with Gasteiger partial charge in [0.05, 0.1) is 5.54 Å². The van der Waals surface area contributed by atoms with Crippen LogP contribution in [0.1, 0.15) is 54.2 Å². The molecule has 7 nitrogen and oxygen atoms in total. The van der Waals surface area contributed by atoms with Crippen molar-refractivity contribution in [1.82, 2.24) is 25.3 Å². The predicted octanol–water partition coefficient (Wildman–Crippen LogP) is 2.77. The Morgan fingerprint density at radius 2 is 1.82 bits per heavy atom. The van der Waals surface area contributed by atoms with E-state index in [0.717, 1.165) is 18.4 Å². The summed E-state index contributed by atoms with van der Waals surface area (Å²) in [4.78, 5) is 39.8. The van der Waals surface area contributed by atoms with Crippen LogP contribution in [0.5, 0.6) is 0 Å². The molecule has 4 rings (SSSR count). The molecule has 0 atom stereocenters. The molecule has 0 saturated heterocycles. The first-order chi connectivity index (χ1) is 13.5. The Balaban J connectivity index is 1.58. The maximum atomic E-state index is 12.8. The second-order valence-electron chi connectivity index (χ2n) is 7.36. The van der Waals surface area contributed by atoms with E-state index in [2.05, 4.69) is 63.4 Å². The van der Waals surface area contributed by atoms with Gasteiger partial charge in [-0.3, -0.25) is 9.59 Å². The van der Waals surface area contributed by atoms with Crippen LogP contribution in [-0.4, -0.2) is 25.8 Å². The summed E-state index contributed by atoms with van der Waals surface area (Å²) in [6.45, 7) is 4.30. The van der Waals surface area contributed by atoms with Gasteiger partial charge in [0.25, 0.3) is 11.5 Å². The molecule has 2 N–H and O–H groups in total. The molecule has 0 unspecified atom stereocenters. The van der Waals surface area contributed by atoms with E-state index in [9.17, 15) is 9.59 Å². The fraction of sp³-hybridized carbons (Fsp3) is 0.286. The van der Waals surface area contributed by atoms with E-state index < -0.39 is 5.56 Å². The zero-order valence-electron chi connectivity index (χ0n) is 15.8. The average molecular weight is 375 g/mol. The number of hydrogen-bond donors (Lipinski definition) is 2. The lowest BCUT2D eigenvalue weighted by Gasteiger charge is -2.18. The summed E-state index contributed by atoms with van der Waals surface area (Å²) >= 11 is 0. The molecule has 0 bridgehead atoms. The number of rotatable bonds is 5. The van der Waals surface area contributed by atoms with E-state index in [1.54, 1.807) is 18.5 Å². The highest BCUT2D eigenvalue weighted by Crippen LogP contribution is 2.45. The third-order valence-electron chi connectivity index (χ3n) is 4.98. The average Bonchev–Trinajstić information content (AvgIpc) is 3.49. The smallest absolute Gasteiger partial charge is 0.270 e. The van der Waals surface area contributed by atoms with Gasteiger partial charge < -0.3 is 10.3 Å². The molecule has 3 aromatic rings. The van der Waals surface area contributed by atoms with Gasteiger partial charge in [0.15, 0.2) is 11.6 Å². The summed E-state index contributed by atoms with van der Waals surface area (Å²) < 4.78 is 0. The van der Waals surface area contributed by atoms with Gasteiger partial charge in [-0.1, -0.05) is 38.1 Å². The first-order valence-corrected chi connectivity index (χ1v) is 9.28. The third-order valence-corrected chi connectivity index (χ3v) is 4.98. The van der Waals surface area contributed by atoms with Gasteiger partial charge in [0.2, 0.25) is 0 Å². The summed E-state index contributed by atoms with van der Waals surface area (Å²) in [6, 6.07) is 11.2. The number of hydrogen-bond acceptors (Lipinski definition) is 5. The molecule has 0 radical (unpaired) electrons. The van der Waals surface area contributed by atoms with Crippen LogP contribution in [0.15, 0.2) is 53.6 Å². The number of benzene rings is 1. The van der Waals surface area contributed by atoms with Crippen molar-refractivity contribution in [2.45, 2.75) is 38.1 Å². The molecule has 0 aliphatic heterocycles. The molecule has 2 aromatic heterocycles. The summed E-state index contributed by atoms with van der Waals surface area (Å²) in [7, 11) is 0. The van der Waals surface area contributed by atoms with Gasteiger partial charge in [-0.2, -0.15) is 0 Å². The number of nitrogens with zero attached hydrogens (tertiary/aromatic N) is 3. The van der Waals surface area contributed by atoms with Crippen LogP contribution in [0.25, 0.3) is 11.6 Å². The van der Waals surface area contributed by atoms with Crippen LogP contribution in [0.4, 0.5) is 0 Å². The van der Waals surface area contributed by atoms with Crippen LogP contribution < -0.4 is 10.9 Å². The normalized spacial score (nSPS) is 14.7. The molecule has 142 valence electrons. The van der Waals surface area contributed by atoms with Crippen molar-refractivity contribution < 1.29 is 4.79 Å². The lowest BCUT2D eigenvalue weighted by Crippen LogP contribution is -2.36. The van der Waals surface area contributed by atoms with Crippen molar-refractivity contribution in [2.24, 2.45) is 0 Å². The van der Waals surface area contributed by atoms with Crippen molar-refractivity contribution in [3.05, 3.63) is 76.0 Å². The predicted molar refractivity (Wildman–Crippen MR) is 105 cm³/mol. The third kappa shape index (κ3) is 3.55. The van der Waals surface area contributed by atoms with Gasteiger partial charge in [0, 0.05) is 18.5 Å². The molecule has 1 fully saturated rings. The standard InChI is InChI=1S/C21H21N5O2/c1-13(2)14-4-6-15(7-5-14)21(8-9-21)26-20(28)16-12-17(27)25-19(24-16)18-22-10-3-11-23-18/h3-7,10-13H,8-9H2,1-2H3,(H,26,28)(H,24,25,27). The highest BCUT2D eigenvalue weighted by molar-refractivity contribution is 5.93. The fourth-order valence-electron chi connectivity index (χ4n) is 3.18. The number of aromatic amines is 1. The monoisotopic (exact) mass is 375 g/mol. The van der Waals surface area contributed by atoms with Gasteiger partial charge in [-0.05, 0) is 36.0 Å². The Morgan fingerprint density at radius 3 is 2.43 bits per heavy atom. The van der Waals surface area contributed by atoms with E-state index in [0.29, 0.717) is 5.92 Å². The Bertz CT molecular complexity index is 1050. The maximum absolute atomic E-state index is 12.8. The molecular formula is C21H21N5O2. The zero-order chi connectivity index (χ0) is 19.7. The lowest BCUT2D eigenvalue weighted by atomic mass is 9.98. The fourth-order valence-corrected chi connectivity index (χ4v) is 3.18. The van der Waals surface area contributed by atoms with Crippen molar-refractivity contribution in [3.63, 3.8) is 0 Å². The number of nitrogens with one attached hydrogen (secondary N) is 2. The molecule has 1 aliphatic carbocycles. The molecule has 1 amide bonds. The largest absolute Gasteiger partial charge is 0.341 e. The quantitative estimate of drug-likeness (QED) is 0.714. The first kappa shape index (κ1) is 18.0. The van der Waals surface area contributed by atoms with Gasteiger partial charge >= 0.3 is 0 Å². The van der Waals surface area contributed by atoms with Crippen molar-refractivity contribution in [2.75, 3.05) is 0 Å². The van der Waals surface area contributed by atoms with E-state index in [1.165, 1.54) is 11.6 Å². The van der Waals surface area contributed by atoms with E-state index in [-0.39, 0.29) is 28.8 Å². The molecule has 7 heteroatoms. The van der Waals surface area contributed by atoms with E-state index in [4.69, 9.17) is 0 Å². The number of aromatic nitrogens is 4. The Kier molecular flexibility index (Phi) is 4.50. The van der Waals surface area contributed by atoms with Crippen molar-refractivity contribution in [3.8, 4) is 11.6 Å². The zero-order valence-corrected chi connectivity index (χ0v) is 15.8. The second-order valence-corrected chi connectivity index (χ2v) is 7.36. The maximum Gasteiger partial charge on any atom is 0.270 e. The van der Waals surface area contributed by atoms with Crippen molar-refractivity contribution >= 4 is 5.91 Å². The molecule has 0 spiro atoms. The molecule has 28 heavy (non-hydrogen) atoms. The van der Waals surface area contributed by atoms with Crippen LogP contribution in [-0.2, 0) is 5.54 Å². The summed E-state index contributed by atoms with van der Waals surface area (Å²) in [5, 5.41) is 3.06. The number of amides is 1. The minimum absolute atomic E-state index is 0.0521. The molecule has 1 aliphatic rings. The Hall–Kier alpha value is -3.35. The molecule has 2 heterocycles.